The van der Waals surface area contributed by atoms with Gasteiger partial charge in [0.15, 0.2) is 34.5 Å². The second kappa shape index (κ2) is 10.4. The Morgan fingerprint density at radius 2 is 1.60 bits per heavy atom. The molecule has 2 unspecified atom stereocenters. The fourth-order valence-corrected chi connectivity index (χ4v) is 6.56. The number of carbonyl (C=O) groups excluding carboxylic acids is 3. The maximum atomic E-state index is 13.3. The fraction of sp³-hybridized carbons (Fsp3) is 0.286. The number of methoxy groups -OCH3 is 2. The van der Waals surface area contributed by atoms with Crippen LogP contribution in [0.25, 0.3) is 10.8 Å². The van der Waals surface area contributed by atoms with Crippen LogP contribution in [0.1, 0.15) is 54.9 Å². The van der Waals surface area contributed by atoms with Crippen molar-refractivity contribution in [3.8, 4) is 28.7 Å². The molecule has 0 bridgehead atoms. The summed E-state index contributed by atoms with van der Waals surface area (Å²) < 4.78 is 86.2. The van der Waals surface area contributed by atoms with Gasteiger partial charge in [0.1, 0.15) is 11.1 Å². The lowest BCUT2D eigenvalue weighted by atomic mass is 9.87. The molecule has 2 N–H and O–H groups in total. The van der Waals surface area contributed by atoms with Crippen molar-refractivity contribution in [2.24, 2.45) is 0 Å². The molecule has 0 radical (unpaired) electrons. The third kappa shape index (κ3) is 5.21. The molecule has 19 heteroatoms. The molecule has 1 aliphatic carbocycles. The fourth-order valence-electron chi connectivity index (χ4n) is 5.64. The monoisotopic (exact) mass is 694 g/mol. The van der Waals surface area contributed by atoms with E-state index in [0.717, 1.165) is 26.4 Å². The van der Waals surface area contributed by atoms with E-state index in [1.54, 1.807) is 0 Å². The Hall–Kier alpha value is -5.14. The molecule has 2 aromatic carbocycles. The summed E-state index contributed by atoms with van der Waals surface area (Å²) in [4.78, 5) is 51.4. The summed E-state index contributed by atoms with van der Waals surface area (Å²) in [7, 11) is -6.71. The van der Waals surface area contributed by atoms with E-state index in [0.29, 0.717) is 12.5 Å². The molecule has 2 aliphatic heterocycles. The molecule has 6 rings (SSSR count). The predicted molar refractivity (Wildman–Crippen MR) is 154 cm³/mol. The highest BCUT2D eigenvalue weighted by molar-refractivity contribution is 7.86. The number of aromatic hydroxyl groups is 1. The molecule has 0 fully saturated rings. The van der Waals surface area contributed by atoms with Crippen LogP contribution in [0.5, 0.6) is 28.7 Å². The van der Waals surface area contributed by atoms with E-state index in [9.17, 15) is 46.2 Å². The first-order valence-corrected chi connectivity index (χ1v) is 16.8. The second-order valence-corrected chi connectivity index (χ2v) is 13.9. The summed E-state index contributed by atoms with van der Waals surface area (Å²) in [6, 6.07) is 2.27. The number of aliphatic hydroxyl groups is 1. The van der Waals surface area contributed by atoms with Crippen LogP contribution in [0.3, 0.4) is 0 Å². The van der Waals surface area contributed by atoms with Gasteiger partial charge in [-0.2, -0.15) is 16.8 Å². The zero-order chi connectivity index (χ0) is 34.4. The molecule has 47 heavy (non-hydrogen) atoms. The lowest BCUT2D eigenvalue weighted by Gasteiger charge is -2.37. The number of hydrogen-bond acceptors (Lipinski definition) is 17. The molecular weight excluding hydrogens is 672 g/mol. The molecular formula is C28H22O17S2. The van der Waals surface area contributed by atoms with Crippen LogP contribution >= 0.6 is 0 Å². The van der Waals surface area contributed by atoms with Gasteiger partial charge in [-0.3, -0.25) is 9.59 Å². The van der Waals surface area contributed by atoms with Crippen LogP contribution in [0.15, 0.2) is 33.2 Å². The van der Waals surface area contributed by atoms with Crippen LogP contribution in [-0.4, -0.2) is 77.1 Å². The number of Topliss-reactive ketones (excluding diaryl/α,β-unsaturated/α-hetero) is 1. The van der Waals surface area contributed by atoms with Gasteiger partial charge in [0.05, 0.1) is 56.8 Å². The largest absolute Gasteiger partial charge is 0.507 e. The summed E-state index contributed by atoms with van der Waals surface area (Å²) in [5.41, 5.74) is -2.93. The molecule has 3 aliphatic rings. The van der Waals surface area contributed by atoms with Gasteiger partial charge >= 0.3 is 31.8 Å². The molecule has 1 aromatic heterocycles. The van der Waals surface area contributed by atoms with Crippen molar-refractivity contribution in [2.45, 2.75) is 24.7 Å². The standard InChI is InChI=1S/C28H22O17S2/c1-39-15-7-13(29)18-19(21(15)32)25(45-47(4,37)38)23-12(20(18)31)8-28(43-23)9-14(30)11-5-10-6-16(26(33)40-2)41-27(34)17(10)24(22(11)42-28)44-46(3,35)36/h5-7,14,30-31H,8-9H2,1-4H3. The van der Waals surface area contributed by atoms with Crippen LogP contribution in [0, 0.1) is 0 Å². The smallest absolute Gasteiger partial charge is 0.374 e. The van der Waals surface area contributed by atoms with E-state index in [1.807, 2.05) is 0 Å². The van der Waals surface area contributed by atoms with E-state index in [2.05, 4.69) is 4.74 Å². The third-order valence-electron chi connectivity index (χ3n) is 7.39. The zero-order valence-corrected chi connectivity index (χ0v) is 26.2. The Morgan fingerprint density at radius 3 is 2.21 bits per heavy atom. The summed E-state index contributed by atoms with van der Waals surface area (Å²) in [6.07, 6.45) is -0.509. The Balaban J connectivity index is 1.57. The topological polar surface area (TPSA) is 246 Å². The third-order valence-corrected chi connectivity index (χ3v) is 8.33. The summed E-state index contributed by atoms with van der Waals surface area (Å²) in [5.74, 6) is -9.51. The molecule has 0 saturated carbocycles. The Kier molecular flexibility index (Phi) is 7.07. The number of allylic oxidation sites excluding steroid dienone is 2. The number of phenolic OH excluding ortho intramolecular Hbond substituents is 1. The molecule has 0 saturated heterocycles. The molecule has 3 heterocycles. The van der Waals surface area contributed by atoms with E-state index in [-0.39, 0.29) is 16.5 Å². The minimum Gasteiger partial charge on any atom is -0.507 e. The van der Waals surface area contributed by atoms with Crippen molar-refractivity contribution >= 4 is 48.5 Å². The zero-order valence-electron chi connectivity index (χ0n) is 24.6. The number of ether oxygens (including phenoxy) is 4. The van der Waals surface area contributed by atoms with Crippen molar-refractivity contribution in [1.29, 1.82) is 0 Å². The molecule has 1 spiro atoms. The van der Waals surface area contributed by atoms with Crippen molar-refractivity contribution in [3.63, 3.8) is 0 Å². The van der Waals surface area contributed by atoms with Crippen LogP contribution in [-0.2, 0) is 36.1 Å². The molecule has 0 amide bonds. The lowest BCUT2D eigenvalue weighted by molar-refractivity contribution is -0.139. The summed E-state index contributed by atoms with van der Waals surface area (Å²) in [5, 5.41) is 22.0. The first kappa shape index (κ1) is 31.8. The number of ketones is 2. The van der Waals surface area contributed by atoms with E-state index < -0.39 is 125 Å². The highest BCUT2D eigenvalue weighted by Crippen LogP contribution is 2.57. The highest BCUT2D eigenvalue weighted by Gasteiger charge is 2.53. The van der Waals surface area contributed by atoms with Crippen molar-refractivity contribution < 1.29 is 73.2 Å². The van der Waals surface area contributed by atoms with Crippen molar-refractivity contribution in [3.05, 3.63) is 62.4 Å². The van der Waals surface area contributed by atoms with Gasteiger partial charge in [0.25, 0.3) is 5.79 Å². The highest BCUT2D eigenvalue weighted by atomic mass is 32.2. The number of benzene rings is 2. The van der Waals surface area contributed by atoms with Crippen LogP contribution in [0.4, 0.5) is 0 Å². The maximum Gasteiger partial charge on any atom is 0.374 e. The SMILES string of the molecule is COC(=O)c1cc2cc3c(c(OS(C)(=O)=O)c2c(=O)o1)OC1(Cc2c(O)c4c(c(OS(C)(=O)=O)c2O1)C(=O)C(OC)=CC4=O)CC3O. The van der Waals surface area contributed by atoms with Gasteiger partial charge in [0.2, 0.25) is 11.5 Å². The maximum absolute atomic E-state index is 13.3. The number of phenols is 1. The van der Waals surface area contributed by atoms with Gasteiger partial charge < -0.3 is 41.9 Å². The van der Waals surface area contributed by atoms with Gasteiger partial charge in [0, 0.05) is 17.2 Å². The van der Waals surface area contributed by atoms with E-state index in [4.69, 9.17) is 27.0 Å². The van der Waals surface area contributed by atoms with Crippen molar-refractivity contribution in [1.82, 2.24) is 0 Å². The second-order valence-electron chi connectivity index (χ2n) is 10.7. The van der Waals surface area contributed by atoms with Gasteiger partial charge in [-0.15, -0.1) is 0 Å². The van der Waals surface area contributed by atoms with Crippen molar-refractivity contribution in [2.75, 3.05) is 26.7 Å². The number of esters is 1. The van der Waals surface area contributed by atoms with Gasteiger partial charge in [-0.25, -0.2) is 9.59 Å². The van der Waals surface area contributed by atoms with Gasteiger partial charge in [-0.1, -0.05) is 0 Å². The number of hydrogen-bond donors (Lipinski definition) is 2. The molecule has 248 valence electrons. The molecule has 3 aromatic rings. The average molecular weight is 695 g/mol. The average Bonchev–Trinajstić information content (AvgIpc) is 3.33. The summed E-state index contributed by atoms with van der Waals surface area (Å²) in [6.45, 7) is 0. The molecule has 17 nitrogen and oxygen atoms in total. The number of aliphatic hydroxyl groups excluding tert-OH is 1. The van der Waals surface area contributed by atoms with Crippen LogP contribution < -0.4 is 23.5 Å². The first-order chi connectivity index (χ1) is 21.9. The first-order valence-electron chi connectivity index (χ1n) is 13.2. The Bertz CT molecular complexity index is 2280. The molecule has 2 atom stereocenters. The van der Waals surface area contributed by atoms with Gasteiger partial charge in [-0.05, 0) is 17.5 Å². The summed E-state index contributed by atoms with van der Waals surface area (Å²) >= 11 is 0. The number of carbonyl (C=O) groups is 3. The van der Waals surface area contributed by atoms with E-state index >= 15 is 0 Å². The Morgan fingerprint density at radius 1 is 0.957 bits per heavy atom. The minimum absolute atomic E-state index is 0.0964. The quantitative estimate of drug-likeness (QED) is 0.270. The lowest BCUT2D eigenvalue weighted by Crippen LogP contribution is -2.45. The Labute approximate surface area is 264 Å². The predicted octanol–water partition coefficient (Wildman–Crippen LogP) is 1.02. The number of rotatable bonds is 6. The minimum atomic E-state index is -4.42. The normalized spacial score (nSPS) is 20.0. The number of fused-ring (bicyclic) bond motifs is 4. The van der Waals surface area contributed by atoms with Crippen LogP contribution in [0.2, 0.25) is 0 Å². The van der Waals surface area contributed by atoms with E-state index in [1.165, 1.54) is 6.07 Å².